The van der Waals surface area contributed by atoms with Gasteiger partial charge in [0.15, 0.2) is 11.6 Å². The van der Waals surface area contributed by atoms with Crippen molar-refractivity contribution < 1.29 is 19.0 Å². The number of ether oxygens (including phenoxy) is 3. The van der Waals surface area contributed by atoms with Crippen LogP contribution in [-0.4, -0.2) is 42.0 Å². The van der Waals surface area contributed by atoms with Crippen molar-refractivity contribution in [2.75, 3.05) is 20.3 Å². The summed E-state index contributed by atoms with van der Waals surface area (Å²) >= 11 is 0. The standard InChI is InChI=1S/C29H30N2O4/c1-19-24-12-11-22-18-30-26(20-7-4-3-5-8-20)31-25(22)28(24,13-14-29(19)34-15-16-35-29)23-10-6-9-21(17-23)27(32)33-2/h3-10,17-19,24H,11-16H2,1-2H3/t19-,24-,28+/m0/s1. The molecule has 35 heavy (non-hydrogen) atoms. The third-order valence-electron chi connectivity index (χ3n) is 8.42. The van der Waals surface area contributed by atoms with E-state index in [2.05, 4.69) is 13.0 Å². The first-order valence-electron chi connectivity index (χ1n) is 12.5. The molecule has 1 saturated heterocycles. The number of hydrogen-bond donors (Lipinski definition) is 0. The summed E-state index contributed by atoms with van der Waals surface area (Å²) in [6.07, 6.45) is 5.50. The maximum absolute atomic E-state index is 12.5. The first-order valence-corrected chi connectivity index (χ1v) is 12.5. The van der Waals surface area contributed by atoms with Gasteiger partial charge in [0.1, 0.15) is 0 Å². The summed E-state index contributed by atoms with van der Waals surface area (Å²) in [4.78, 5) is 22.5. The van der Waals surface area contributed by atoms with E-state index in [4.69, 9.17) is 24.2 Å². The fraction of sp³-hybridized carbons (Fsp3) is 0.414. The zero-order valence-corrected chi connectivity index (χ0v) is 20.2. The number of hydrogen-bond acceptors (Lipinski definition) is 6. The zero-order valence-electron chi connectivity index (χ0n) is 20.2. The molecule has 0 amide bonds. The van der Waals surface area contributed by atoms with Crippen LogP contribution in [0.3, 0.4) is 0 Å². The minimum Gasteiger partial charge on any atom is -0.465 e. The molecule has 3 aliphatic rings. The number of benzene rings is 2. The quantitative estimate of drug-likeness (QED) is 0.505. The summed E-state index contributed by atoms with van der Waals surface area (Å²) < 4.78 is 17.6. The number of aryl methyl sites for hydroxylation is 1. The average molecular weight is 471 g/mol. The molecule has 2 heterocycles. The van der Waals surface area contributed by atoms with Crippen molar-refractivity contribution in [3.8, 4) is 11.4 Å². The molecule has 0 radical (unpaired) electrons. The number of nitrogens with zero attached hydrogens (tertiary/aromatic N) is 2. The van der Waals surface area contributed by atoms with Crippen LogP contribution in [0.1, 0.15) is 53.4 Å². The number of aromatic nitrogens is 2. The minimum absolute atomic E-state index is 0.170. The maximum atomic E-state index is 12.5. The molecule has 6 heteroatoms. The number of methoxy groups -OCH3 is 1. The Morgan fingerprint density at radius 1 is 1.06 bits per heavy atom. The molecular weight excluding hydrogens is 440 g/mol. The molecule has 180 valence electrons. The lowest BCUT2D eigenvalue weighted by Gasteiger charge is -2.55. The van der Waals surface area contributed by atoms with Crippen molar-refractivity contribution in [2.24, 2.45) is 11.8 Å². The van der Waals surface area contributed by atoms with Gasteiger partial charge >= 0.3 is 5.97 Å². The molecule has 2 aromatic carbocycles. The van der Waals surface area contributed by atoms with Crippen LogP contribution in [0.5, 0.6) is 0 Å². The summed E-state index contributed by atoms with van der Waals surface area (Å²) in [5.74, 6) is 0.277. The molecule has 2 fully saturated rings. The summed E-state index contributed by atoms with van der Waals surface area (Å²) in [7, 11) is 1.42. The third-order valence-corrected chi connectivity index (χ3v) is 8.42. The molecule has 1 saturated carbocycles. The van der Waals surface area contributed by atoms with Crippen molar-refractivity contribution in [3.63, 3.8) is 0 Å². The van der Waals surface area contributed by atoms with Gasteiger partial charge in [0, 0.05) is 29.5 Å². The van der Waals surface area contributed by atoms with E-state index in [-0.39, 0.29) is 23.2 Å². The molecule has 0 N–H and O–H groups in total. The average Bonchev–Trinajstić information content (AvgIpc) is 3.40. The normalized spacial score (nSPS) is 26.7. The van der Waals surface area contributed by atoms with E-state index in [9.17, 15) is 4.79 Å². The van der Waals surface area contributed by atoms with Crippen molar-refractivity contribution >= 4 is 5.97 Å². The van der Waals surface area contributed by atoms with Gasteiger partial charge in [0.25, 0.3) is 0 Å². The van der Waals surface area contributed by atoms with Gasteiger partial charge < -0.3 is 14.2 Å². The highest BCUT2D eigenvalue weighted by molar-refractivity contribution is 5.89. The summed E-state index contributed by atoms with van der Waals surface area (Å²) in [5, 5.41) is 0. The number of esters is 1. The van der Waals surface area contributed by atoms with Gasteiger partial charge in [-0.2, -0.15) is 0 Å². The van der Waals surface area contributed by atoms with Gasteiger partial charge in [-0.25, -0.2) is 14.8 Å². The second kappa shape index (κ2) is 8.54. The summed E-state index contributed by atoms with van der Waals surface area (Å²) in [6.45, 7) is 3.54. The van der Waals surface area contributed by atoms with Crippen molar-refractivity contribution in [1.29, 1.82) is 0 Å². The highest BCUT2D eigenvalue weighted by Crippen LogP contribution is 2.59. The number of rotatable bonds is 3. The Morgan fingerprint density at radius 2 is 1.86 bits per heavy atom. The van der Waals surface area contributed by atoms with Crippen LogP contribution in [0, 0.1) is 11.8 Å². The number of carbonyl (C=O) groups excluding carboxylic acids is 1. The highest BCUT2D eigenvalue weighted by Gasteiger charge is 2.60. The molecule has 2 aliphatic carbocycles. The smallest absolute Gasteiger partial charge is 0.337 e. The Bertz CT molecular complexity index is 1250. The second-order valence-corrected chi connectivity index (χ2v) is 9.92. The Morgan fingerprint density at radius 3 is 2.63 bits per heavy atom. The van der Waals surface area contributed by atoms with Gasteiger partial charge in [-0.1, -0.05) is 49.4 Å². The lowest BCUT2D eigenvalue weighted by Crippen LogP contribution is -2.57. The van der Waals surface area contributed by atoms with Crippen LogP contribution in [-0.2, 0) is 26.0 Å². The van der Waals surface area contributed by atoms with Crippen molar-refractivity contribution in [2.45, 2.75) is 43.8 Å². The third kappa shape index (κ3) is 3.42. The zero-order chi connectivity index (χ0) is 24.0. The van der Waals surface area contributed by atoms with E-state index in [1.165, 1.54) is 12.7 Å². The predicted octanol–water partition coefficient (Wildman–Crippen LogP) is 4.95. The first-order chi connectivity index (χ1) is 17.1. The number of fused-ring (bicyclic) bond motifs is 3. The van der Waals surface area contributed by atoms with Crippen LogP contribution in [0.2, 0.25) is 0 Å². The Hall–Kier alpha value is -3.09. The van der Waals surface area contributed by atoms with E-state index in [1.54, 1.807) is 0 Å². The SMILES string of the molecule is COC(=O)c1cccc([C@]23CCC4(OCCO4)[C@@H](C)[C@@H]2CCc2cnc(-c4ccccc4)nc23)c1. The molecule has 6 nitrogen and oxygen atoms in total. The molecule has 0 bridgehead atoms. The van der Waals surface area contributed by atoms with E-state index in [1.807, 2.05) is 54.7 Å². The van der Waals surface area contributed by atoms with Crippen LogP contribution < -0.4 is 0 Å². The fourth-order valence-corrected chi connectivity index (χ4v) is 6.74. The van der Waals surface area contributed by atoms with Crippen molar-refractivity contribution in [1.82, 2.24) is 9.97 Å². The Kier molecular flexibility index (Phi) is 5.46. The van der Waals surface area contributed by atoms with Gasteiger partial charge in [0.2, 0.25) is 0 Å². The lowest BCUT2D eigenvalue weighted by molar-refractivity contribution is -0.232. The summed E-state index contributed by atoms with van der Waals surface area (Å²) in [5.41, 5.74) is 4.54. The summed E-state index contributed by atoms with van der Waals surface area (Å²) in [6, 6.07) is 18.0. The lowest BCUT2D eigenvalue weighted by atomic mass is 9.51. The molecule has 6 rings (SSSR count). The minimum atomic E-state index is -0.541. The van der Waals surface area contributed by atoms with Gasteiger partial charge in [0.05, 0.1) is 31.6 Å². The molecule has 3 aromatic rings. The molecule has 1 aliphatic heterocycles. The molecule has 3 atom stereocenters. The van der Waals surface area contributed by atoms with Crippen LogP contribution in [0.4, 0.5) is 0 Å². The monoisotopic (exact) mass is 470 g/mol. The van der Waals surface area contributed by atoms with E-state index >= 15 is 0 Å². The van der Waals surface area contributed by atoms with E-state index in [0.717, 1.165) is 48.3 Å². The van der Waals surface area contributed by atoms with Gasteiger partial charge in [-0.3, -0.25) is 0 Å². The molecule has 1 spiro atoms. The van der Waals surface area contributed by atoms with Crippen LogP contribution >= 0.6 is 0 Å². The van der Waals surface area contributed by atoms with Crippen LogP contribution in [0.25, 0.3) is 11.4 Å². The molecule has 0 unspecified atom stereocenters. The van der Waals surface area contributed by atoms with Crippen molar-refractivity contribution in [3.05, 3.63) is 83.2 Å². The van der Waals surface area contributed by atoms with Crippen LogP contribution in [0.15, 0.2) is 60.8 Å². The fourth-order valence-electron chi connectivity index (χ4n) is 6.74. The van der Waals surface area contributed by atoms with E-state index < -0.39 is 5.79 Å². The topological polar surface area (TPSA) is 70.5 Å². The second-order valence-electron chi connectivity index (χ2n) is 9.92. The number of carbonyl (C=O) groups is 1. The molecule has 1 aromatic heterocycles. The largest absolute Gasteiger partial charge is 0.465 e. The maximum Gasteiger partial charge on any atom is 0.337 e. The van der Waals surface area contributed by atoms with Gasteiger partial charge in [-0.15, -0.1) is 0 Å². The van der Waals surface area contributed by atoms with Gasteiger partial charge in [-0.05, 0) is 48.4 Å². The Labute approximate surface area is 205 Å². The Balaban J connectivity index is 1.56. The highest BCUT2D eigenvalue weighted by atomic mass is 16.7. The van der Waals surface area contributed by atoms with E-state index in [0.29, 0.717) is 18.8 Å². The predicted molar refractivity (Wildman–Crippen MR) is 131 cm³/mol. The molecular formula is C29H30N2O4. The first kappa shape index (κ1) is 22.4.